The molecule has 2 rings (SSSR count). The van der Waals surface area contributed by atoms with E-state index >= 15 is 0 Å². The van der Waals surface area contributed by atoms with Crippen LogP contribution in [0, 0.1) is 6.92 Å². The summed E-state index contributed by atoms with van der Waals surface area (Å²) in [4.78, 5) is 10.9. The van der Waals surface area contributed by atoms with E-state index in [-0.39, 0.29) is 5.56 Å². The molecule has 0 atom stereocenters. The number of hydrogen-bond donors (Lipinski definition) is 2. The summed E-state index contributed by atoms with van der Waals surface area (Å²) in [5, 5.41) is 5.85. The number of hydrogen-bond acceptors (Lipinski definition) is 2. The Balaban J connectivity index is 2.07. The Hall–Kier alpha value is -1.68. The Labute approximate surface area is 97.2 Å². The zero-order valence-electron chi connectivity index (χ0n) is 8.71. The van der Waals surface area contributed by atoms with Gasteiger partial charge in [-0.25, -0.2) is 0 Å². The van der Waals surface area contributed by atoms with Crippen LogP contribution in [0.2, 0.25) is 5.02 Å². The van der Waals surface area contributed by atoms with E-state index in [9.17, 15) is 4.79 Å². The number of aryl methyl sites for hydroxylation is 1. The van der Waals surface area contributed by atoms with Crippen LogP contribution >= 0.6 is 11.6 Å². The van der Waals surface area contributed by atoms with Crippen LogP contribution in [-0.2, 0) is 6.61 Å². The molecule has 0 radical (unpaired) electrons. The molecular weight excluding hydrogens is 228 g/mol. The van der Waals surface area contributed by atoms with Crippen LogP contribution in [-0.4, -0.2) is 10.2 Å². The van der Waals surface area contributed by atoms with Gasteiger partial charge in [0.1, 0.15) is 12.4 Å². The van der Waals surface area contributed by atoms with E-state index in [0.717, 1.165) is 11.3 Å². The van der Waals surface area contributed by atoms with Crippen LogP contribution in [0.1, 0.15) is 11.3 Å². The van der Waals surface area contributed by atoms with E-state index in [4.69, 9.17) is 16.3 Å². The molecule has 5 heteroatoms. The average Bonchev–Trinajstić information content (AvgIpc) is 2.63. The number of halogens is 1. The largest absolute Gasteiger partial charge is 0.487 e. The van der Waals surface area contributed by atoms with Gasteiger partial charge < -0.3 is 4.74 Å². The molecule has 0 saturated heterocycles. The number of benzene rings is 1. The zero-order valence-corrected chi connectivity index (χ0v) is 9.47. The third-order valence-electron chi connectivity index (χ3n) is 2.17. The fourth-order valence-electron chi connectivity index (χ4n) is 1.38. The molecule has 1 aromatic heterocycles. The molecule has 1 aromatic carbocycles. The fourth-order valence-corrected chi connectivity index (χ4v) is 1.61. The van der Waals surface area contributed by atoms with Crippen LogP contribution in [0.4, 0.5) is 0 Å². The molecule has 16 heavy (non-hydrogen) atoms. The minimum atomic E-state index is -0.161. The summed E-state index contributed by atoms with van der Waals surface area (Å²) in [6.45, 7) is 2.24. The Morgan fingerprint density at radius 2 is 2.12 bits per heavy atom. The molecular formula is C11H11ClN2O2. The molecule has 0 aliphatic carbocycles. The van der Waals surface area contributed by atoms with Gasteiger partial charge in [0.15, 0.2) is 0 Å². The Morgan fingerprint density at radius 1 is 1.31 bits per heavy atom. The van der Waals surface area contributed by atoms with Crippen molar-refractivity contribution >= 4 is 11.6 Å². The first-order valence-electron chi connectivity index (χ1n) is 4.80. The molecule has 1 heterocycles. The normalized spacial score (nSPS) is 10.4. The van der Waals surface area contributed by atoms with Crippen molar-refractivity contribution in [2.45, 2.75) is 13.5 Å². The Bertz CT molecular complexity index is 545. The summed E-state index contributed by atoms with van der Waals surface area (Å²) >= 11 is 5.83. The topological polar surface area (TPSA) is 57.9 Å². The molecule has 4 nitrogen and oxygen atoms in total. The summed E-state index contributed by atoms with van der Waals surface area (Å²) in [6.07, 6.45) is 0. The molecule has 0 aliphatic rings. The van der Waals surface area contributed by atoms with Crippen molar-refractivity contribution in [3.05, 3.63) is 50.9 Å². The van der Waals surface area contributed by atoms with E-state index in [0.29, 0.717) is 17.3 Å². The lowest BCUT2D eigenvalue weighted by molar-refractivity contribution is 0.299. The predicted octanol–water partition coefficient (Wildman–Crippen LogP) is 2.24. The Morgan fingerprint density at radius 3 is 2.75 bits per heavy atom. The first-order valence-corrected chi connectivity index (χ1v) is 5.18. The van der Waals surface area contributed by atoms with Gasteiger partial charge in [0, 0.05) is 11.1 Å². The monoisotopic (exact) mass is 238 g/mol. The molecule has 84 valence electrons. The maximum absolute atomic E-state index is 10.9. The second kappa shape index (κ2) is 4.45. The number of nitrogens with one attached hydrogen (secondary N) is 2. The Kier molecular flexibility index (Phi) is 3.01. The summed E-state index contributed by atoms with van der Waals surface area (Å²) in [5.41, 5.74) is 1.51. The van der Waals surface area contributed by atoms with Gasteiger partial charge in [0.2, 0.25) is 0 Å². The SMILES string of the molecule is Cc1cc(Cl)ccc1OCc1cc(=O)[nH][nH]1. The summed E-state index contributed by atoms with van der Waals surface area (Å²) in [6, 6.07) is 6.87. The van der Waals surface area contributed by atoms with Gasteiger partial charge in [-0.2, -0.15) is 0 Å². The molecule has 0 spiro atoms. The lowest BCUT2D eigenvalue weighted by Gasteiger charge is -2.07. The molecule has 2 aromatic rings. The van der Waals surface area contributed by atoms with Crippen molar-refractivity contribution in [2.75, 3.05) is 0 Å². The third-order valence-corrected chi connectivity index (χ3v) is 2.41. The molecule has 0 fully saturated rings. The second-order valence-corrected chi connectivity index (χ2v) is 3.92. The average molecular weight is 239 g/mol. The quantitative estimate of drug-likeness (QED) is 0.862. The van der Waals surface area contributed by atoms with Gasteiger partial charge in [-0.05, 0) is 30.7 Å². The predicted molar refractivity (Wildman–Crippen MR) is 61.9 cm³/mol. The standard InChI is InChI=1S/C11H11ClN2O2/c1-7-4-8(12)2-3-10(7)16-6-9-5-11(15)14-13-9/h2-5H,6H2,1H3,(H2,13,14,15). The van der Waals surface area contributed by atoms with E-state index < -0.39 is 0 Å². The maximum atomic E-state index is 10.9. The summed E-state index contributed by atoms with van der Waals surface area (Å²) < 4.78 is 5.54. The van der Waals surface area contributed by atoms with Gasteiger partial charge in [-0.3, -0.25) is 15.0 Å². The van der Waals surface area contributed by atoms with Crippen LogP contribution in [0.5, 0.6) is 5.75 Å². The number of aromatic nitrogens is 2. The van der Waals surface area contributed by atoms with Crippen molar-refractivity contribution in [3.63, 3.8) is 0 Å². The number of H-pyrrole nitrogens is 2. The molecule has 0 aliphatic heterocycles. The van der Waals surface area contributed by atoms with E-state index in [1.54, 1.807) is 6.07 Å². The number of rotatable bonds is 3. The van der Waals surface area contributed by atoms with Crippen molar-refractivity contribution in [1.82, 2.24) is 10.2 Å². The van der Waals surface area contributed by atoms with Gasteiger partial charge in [0.25, 0.3) is 5.56 Å². The minimum absolute atomic E-state index is 0.161. The highest BCUT2D eigenvalue weighted by Crippen LogP contribution is 2.22. The van der Waals surface area contributed by atoms with E-state index in [2.05, 4.69) is 10.2 Å². The highest BCUT2D eigenvalue weighted by molar-refractivity contribution is 6.30. The minimum Gasteiger partial charge on any atom is -0.487 e. The summed E-state index contributed by atoms with van der Waals surface area (Å²) in [5.74, 6) is 0.756. The first-order chi connectivity index (χ1) is 7.65. The zero-order chi connectivity index (χ0) is 11.5. The first kappa shape index (κ1) is 10.8. The number of ether oxygens (including phenoxy) is 1. The summed E-state index contributed by atoms with van der Waals surface area (Å²) in [7, 11) is 0. The van der Waals surface area contributed by atoms with Crippen LogP contribution in [0.15, 0.2) is 29.1 Å². The van der Waals surface area contributed by atoms with Gasteiger partial charge in [-0.1, -0.05) is 11.6 Å². The molecule has 2 N–H and O–H groups in total. The second-order valence-electron chi connectivity index (χ2n) is 3.48. The molecule has 0 unspecified atom stereocenters. The van der Waals surface area contributed by atoms with E-state index in [1.165, 1.54) is 6.07 Å². The maximum Gasteiger partial charge on any atom is 0.264 e. The fraction of sp³-hybridized carbons (Fsp3) is 0.182. The van der Waals surface area contributed by atoms with Gasteiger partial charge >= 0.3 is 0 Å². The van der Waals surface area contributed by atoms with Crippen LogP contribution in [0.25, 0.3) is 0 Å². The molecule has 0 bridgehead atoms. The number of aromatic amines is 2. The third kappa shape index (κ3) is 2.46. The van der Waals surface area contributed by atoms with Crippen LogP contribution < -0.4 is 10.3 Å². The van der Waals surface area contributed by atoms with Crippen molar-refractivity contribution < 1.29 is 4.74 Å². The van der Waals surface area contributed by atoms with Gasteiger partial charge in [0.05, 0.1) is 5.69 Å². The highest BCUT2D eigenvalue weighted by Gasteiger charge is 2.02. The van der Waals surface area contributed by atoms with Crippen LogP contribution in [0.3, 0.4) is 0 Å². The smallest absolute Gasteiger partial charge is 0.264 e. The lowest BCUT2D eigenvalue weighted by Crippen LogP contribution is -1.97. The van der Waals surface area contributed by atoms with Crippen molar-refractivity contribution in [2.24, 2.45) is 0 Å². The lowest BCUT2D eigenvalue weighted by atomic mass is 10.2. The van der Waals surface area contributed by atoms with E-state index in [1.807, 2.05) is 19.1 Å². The van der Waals surface area contributed by atoms with Crippen molar-refractivity contribution in [1.29, 1.82) is 0 Å². The molecule has 0 amide bonds. The molecule has 0 saturated carbocycles. The van der Waals surface area contributed by atoms with Crippen molar-refractivity contribution in [3.8, 4) is 5.75 Å². The highest BCUT2D eigenvalue weighted by atomic mass is 35.5. The van der Waals surface area contributed by atoms with Gasteiger partial charge in [-0.15, -0.1) is 0 Å².